The van der Waals surface area contributed by atoms with Gasteiger partial charge in [0.1, 0.15) is 6.04 Å². The lowest BCUT2D eigenvalue weighted by Crippen LogP contribution is -2.46. The summed E-state index contributed by atoms with van der Waals surface area (Å²) in [5.41, 5.74) is 0.840. The normalized spacial score (nSPS) is 13.2. The molecule has 0 saturated carbocycles. The Hall–Kier alpha value is -1.06. The van der Waals surface area contributed by atoms with E-state index in [0.717, 1.165) is 5.56 Å². The Morgan fingerprint density at radius 3 is 2.61 bits per heavy atom. The molecule has 0 unspecified atom stereocenters. The zero-order chi connectivity index (χ0) is 13.8. The van der Waals surface area contributed by atoms with Crippen molar-refractivity contribution in [3.8, 4) is 0 Å². The number of carbonyl (C=O) groups is 1. The summed E-state index contributed by atoms with van der Waals surface area (Å²) < 4.78 is 4.82. The minimum Gasteiger partial charge on any atom is -0.468 e. The maximum absolute atomic E-state index is 11.7. The van der Waals surface area contributed by atoms with Gasteiger partial charge in [-0.3, -0.25) is 10.1 Å². The van der Waals surface area contributed by atoms with Gasteiger partial charge < -0.3 is 4.74 Å². The third-order valence-electron chi connectivity index (χ3n) is 2.70. The van der Waals surface area contributed by atoms with Gasteiger partial charge in [-0.05, 0) is 23.1 Å². The third-order valence-corrected chi connectivity index (χ3v) is 2.94. The van der Waals surface area contributed by atoms with Crippen LogP contribution in [0.25, 0.3) is 0 Å². The first-order valence-electron chi connectivity index (χ1n) is 5.90. The van der Waals surface area contributed by atoms with E-state index < -0.39 is 0 Å². The second kappa shape index (κ2) is 6.21. The summed E-state index contributed by atoms with van der Waals surface area (Å²) in [5.74, 6) is -0.246. The number of carbonyl (C=O) groups excluding carboxylic acids is 1. The number of ether oxygens (including phenoxy) is 1. The highest BCUT2D eigenvalue weighted by Gasteiger charge is 2.31. The molecule has 1 aromatic rings. The summed E-state index contributed by atoms with van der Waals surface area (Å²) in [5, 5.41) is 3.91. The fourth-order valence-corrected chi connectivity index (χ4v) is 1.94. The Morgan fingerprint density at radius 1 is 1.44 bits per heavy atom. The van der Waals surface area contributed by atoms with E-state index in [9.17, 15) is 4.79 Å². The molecule has 0 radical (unpaired) electrons. The van der Waals surface area contributed by atoms with Gasteiger partial charge in [-0.2, -0.15) is 0 Å². The fraction of sp³-hybridized carbons (Fsp3) is 0.500. The molecule has 0 fully saturated rings. The maximum Gasteiger partial charge on any atom is 0.323 e. The fourth-order valence-electron chi connectivity index (χ4n) is 1.73. The summed E-state index contributed by atoms with van der Waals surface area (Å²) in [7, 11) is 1.40. The first-order chi connectivity index (χ1) is 8.34. The molecule has 0 heterocycles. The Labute approximate surface area is 113 Å². The van der Waals surface area contributed by atoms with Crippen molar-refractivity contribution in [1.82, 2.24) is 5.32 Å². The van der Waals surface area contributed by atoms with Crippen LogP contribution in [0, 0.1) is 5.41 Å². The molecule has 1 aromatic carbocycles. The van der Waals surface area contributed by atoms with E-state index >= 15 is 0 Å². The molecular formula is C14H20ClNO2. The van der Waals surface area contributed by atoms with Crippen molar-refractivity contribution in [3.05, 3.63) is 34.9 Å². The van der Waals surface area contributed by atoms with E-state index in [1.807, 2.05) is 45.0 Å². The quantitative estimate of drug-likeness (QED) is 0.854. The molecule has 0 aromatic heterocycles. The highest BCUT2D eigenvalue weighted by molar-refractivity contribution is 6.30. The van der Waals surface area contributed by atoms with Gasteiger partial charge >= 0.3 is 5.97 Å². The number of methoxy groups -OCH3 is 1. The molecule has 18 heavy (non-hydrogen) atoms. The van der Waals surface area contributed by atoms with E-state index in [2.05, 4.69) is 5.32 Å². The third kappa shape index (κ3) is 4.31. The van der Waals surface area contributed by atoms with Crippen LogP contribution in [-0.4, -0.2) is 19.1 Å². The SMILES string of the molecule is COC(=O)[C@@H](NCc1cccc(Cl)c1)C(C)(C)C. The summed E-state index contributed by atoms with van der Waals surface area (Å²) >= 11 is 5.92. The number of hydrogen-bond donors (Lipinski definition) is 1. The largest absolute Gasteiger partial charge is 0.468 e. The van der Waals surface area contributed by atoms with Gasteiger partial charge in [-0.1, -0.05) is 44.5 Å². The molecule has 1 rings (SSSR count). The van der Waals surface area contributed by atoms with Gasteiger partial charge in [-0.15, -0.1) is 0 Å². The molecule has 0 bridgehead atoms. The summed E-state index contributed by atoms with van der Waals surface area (Å²) in [6, 6.07) is 7.22. The van der Waals surface area contributed by atoms with Crippen LogP contribution in [0.3, 0.4) is 0 Å². The van der Waals surface area contributed by atoms with Crippen LogP contribution in [0.1, 0.15) is 26.3 Å². The van der Waals surface area contributed by atoms with Crippen molar-refractivity contribution in [3.63, 3.8) is 0 Å². The molecule has 4 heteroatoms. The monoisotopic (exact) mass is 269 g/mol. The summed E-state index contributed by atoms with van der Waals surface area (Å²) in [4.78, 5) is 11.7. The standard InChI is InChI=1S/C14H20ClNO2/c1-14(2,3)12(13(17)18-4)16-9-10-6-5-7-11(15)8-10/h5-8,12,16H,9H2,1-4H3/t12-/m1/s1. The van der Waals surface area contributed by atoms with Gasteiger partial charge in [0, 0.05) is 11.6 Å². The van der Waals surface area contributed by atoms with E-state index in [1.165, 1.54) is 7.11 Å². The molecule has 0 amide bonds. The smallest absolute Gasteiger partial charge is 0.323 e. The van der Waals surface area contributed by atoms with E-state index in [4.69, 9.17) is 16.3 Å². The van der Waals surface area contributed by atoms with Crippen molar-refractivity contribution < 1.29 is 9.53 Å². The van der Waals surface area contributed by atoms with Crippen molar-refractivity contribution >= 4 is 17.6 Å². The highest BCUT2D eigenvalue weighted by Crippen LogP contribution is 2.21. The molecular weight excluding hydrogens is 250 g/mol. The van der Waals surface area contributed by atoms with Crippen molar-refractivity contribution in [2.75, 3.05) is 7.11 Å². The molecule has 0 spiro atoms. The van der Waals surface area contributed by atoms with E-state index in [0.29, 0.717) is 11.6 Å². The summed E-state index contributed by atoms with van der Waals surface area (Å²) in [6.45, 7) is 6.58. The number of benzene rings is 1. The Morgan fingerprint density at radius 2 is 2.11 bits per heavy atom. The Bertz CT molecular complexity index is 413. The molecule has 3 nitrogen and oxygen atoms in total. The number of halogens is 1. The zero-order valence-corrected chi connectivity index (χ0v) is 12.0. The highest BCUT2D eigenvalue weighted by atomic mass is 35.5. The predicted octanol–water partition coefficient (Wildman–Crippen LogP) is 3.02. The Kier molecular flexibility index (Phi) is 5.17. The van der Waals surface area contributed by atoms with Gasteiger partial charge in [-0.25, -0.2) is 0 Å². The van der Waals surface area contributed by atoms with Crippen molar-refractivity contribution in [2.24, 2.45) is 5.41 Å². The first-order valence-corrected chi connectivity index (χ1v) is 6.28. The first kappa shape index (κ1) is 15.0. The second-order valence-electron chi connectivity index (χ2n) is 5.33. The average molecular weight is 270 g/mol. The van der Waals surface area contributed by atoms with Crippen LogP contribution >= 0.6 is 11.6 Å². The second-order valence-corrected chi connectivity index (χ2v) is 5.77. The summed E-state index contributed by atoms with van der Waals surface area (Å²) in [6.07, 6.45) is 0. The molecule has 1 N–H and O–H groups in total. The zero-order valence-electron chi connectivity index (χ0n) is 11.3. The van der Waals surface area contributed by atoms with Gasteiger partial charge in [0.15, 0.2) is 0 Å². The average Bonchev–Trinajstić information content (AvgIpc) is 2.27. The topological polar surface area (TPSA) is 38.3 Å². The lowest BCUT2D eigenvalue weighted by atomic mass is 9.86. The molecule has 0 aliphatic rings. The van der Waals surface area contributed by atoms with Gasteiger partial charge in [0.25, 0.3) is 0 Å². The predicted molar refractivity (Wildman–Crippen MR) is 73.6 cm³/mol. The van der Waals surface area contributed by atoms with Crippen LogP contribution in [0.2, 0.25) is 5.02 Å². The lowest BCUT2D eigenvalue weighted by Gasteiger charge is -2.29. The van der Waals surface area contributed by atoms with Crippen molar-refractivity contribution in [1.29, 1.82) is 0 Å². The number of hydrogen-bond acceptors (Lipinski definition) is 3. The lowest BCUT2D eigenvalue weighted by molar-refractivity contribution is -0.146. The number of esters is 1. The van der Waals surface area contributed by atoms with Crippen LogP contribution in [0.4, 0.5) is 0 Å². The minimum absolute atomic E-state index is 0.203. The molecule has 1 atom stereocenters. The van der Waals surface area contributed by atoms with Crippen LogP contribution in [0.15, 0.2) is 24.3 Å². The van der Waals surface area contributed by atoms with E-state index in [-0.39, 0.29) is 17.4 Å². The molecule has 0 aliphatic carbocycles. The Balaban J connectivity index is 2.71. The maximum atomic E-state index is 11.7. The molecule has 100 valence electrons. The van der Waals surface area contributed by atoms with E-state index in [1.54, 1.807) is 0 Å². The van der Waals surface area contributed by atoms with Gasteiger partial charge in [0.05, 0.1) is 7.11 Å². The minimum atomic E-state index is -0.346. The number of nitrogens with one attached hydrogen (secondary N) is 1. The molecule has 0 saturated heterocycles. The van der Waals surface area contributed by atoms with Gasteiger partial charge in [0.2, 0.25) is 0 Å². The van der Waals surface area contributed by atoms with Crippen molar-refractivity contribution in [2.45, 2.75) is 33.4 Å². The van der Waals surface area contributed by atoms with Crippen LogP contribution in [-0.2, 0) is 16.1 Å². The van der Waals surface area contributed by atoms with Crippen LogP contribution < -0.4 is 5.32 Å². The van der Waals surface area contributed by atoms with Crippen LogP contribution in [0.5, 0.6) is 0 Å². The number of rotatable bonds is 4. The molecule has 0 aliphatic heterocycles.